The number of nitrogens with zero attached hydrogens (tertiary/aromatic N) is 2. The number of hydrogen-bond acceptors (Lipinski definition) is 6. The summed E-state index contributed by atoms with van der Waals surface area (Å²) in [5.74, 6) is 0.130. The Morgan fingerprint density at radius 3 is 0.862 bits per heavy atom. The molecule has 2 aliphatic heterocycles. The van der Waals surface area contributed by atoms with Gasteiger partial charge in [0, 0.05) is 61.0 Å². The van der Waals surface area contributed by atoms with E-state index in [1.807, 2.05) is 97.1 Å². The molecular weight excluding hydrogens is 791 g/mol. The fraction of sp³-hybridized carbons (Fsp3) is 0. The molecule has 0 saturated heterocycles. The molecule has 0 saturated carbocycles. The number of fused-ring (bicyclic) bond motifs is 8. The molecule has 7 aromatic rings. The molecule has 4 aromatic carbocycles. The first-order valence-corrected chi connectivity index (χ1v) is 19.1. The first-order chi connectivity index (χ1) is 28.1. The van der Waals surface area contributed by atoms with Crippen LogP contribution in [0.3, 0.4) is 0 Å². The van der Waals surface area contributed by atoms with Gasteiger partial charge in [-0.2, -0.15) is 0 Å². The van der Waals surface area contributed by atoms with Gasteiger partial charge in [0.25, 0.3) is 15.7 Å². The third-order valence-corrected chi connectivity index (χ3v) is 10.8. The van der Waals surface area contributed by atoms with Gasteiger partial charge in [-0.05, 0) is 154 Å². The molecule has 58 heavy (non-hydrogen) atoms. The molecule has 11 heteroatoms. The zero-order valence-corrected chi connectivity index (χ0v) is 32.3. The molecule has 8 bridgehead atoms. The highest BCUT2D eigenvalue weighted by Gasteiger charge is 2.20. The molecule has 0 radical (unpaired) electrons. The number of aromatic nitrogens is 4. The number of aromatic amines is 2. The molecule has 3 N–H and O–H groups in total. The largest absolute Gasteiger partial charge is 0.508 e. The number of nitrogens with one attached hydrogen (secondary N) is 2. The van der Waals surface area contributed by atoms with Crippen LogP contribution in [-0.4, -0.2) is 40.8 Å². The van der Waals surface area contributed by atoms with Crippen LogP contribution in [0, 0.1) is 0 Å². The van der Waals surface area contributed by atoms with Crippen LogP contribution < -0.4 is 0 Å². The number of phenols is 1. The summed E-state index contributed by atoms with van der Waals surface area (Å²) in [5.41, 5.74) is 12.9. The maximum Gasteiger partial charge on any atom is 0.252 e. The molecule has 0 fully saturated rings. The van der Waals surface area contributed by atoms with Crippen LogP contribution >= 0.6 is 34.8 Å². The van der Waals surface area contributed by atoms with Crippen molar-refractivity contribution >= 4 is 96.9 Å². The van der Waals surface area contributed by atoms with Crippen molar-refractivity contribution in [3.8, 4) is 50.3 Å². The molecule has 9 rings (SSSR count). The van der Waals surface area contributed by atoms with Crippen LogP contribution in [0.15, 0.2) is 121 Å². The predicted octanol–water partition coefficient (Wildman–Crippen LogP) is 12.2. The number of H-pyrrole nitrogens is 2. The lowest BCUT2D eigenvalue weighted by molar-refractivity contribution is 0.107. The van der Waals surface area contributed by atoms with Crippen LogP contribution in [-0.2, 0) is 0 Å². The van der Waals surface area contributed by atoms with Gasteiger partial charge in [-0.15, -0.1) is 0 Å². The van der Waals surface area contributed by atoms with Crippen molar-refractivity contribution in [2.24, 2.45) is 0 Å². The number of phenolic OH excluding ortho intramolecular Hbond substituents is 1. The molecule has 280 valence electrons. The molecule has 0 aliphatic carbocycles. The Bertz CT molecular complexity index is 3020. The molecule has 5 heterocycles. The van der Waals surface area contributed by atoms with Gasteiger partial charge in [0.15, 0.2) is 0 Å². The lowest BCUT2D eigenvalue weighted by Crippen LogP contribution is -1.92. The Labute approximate surface area is 345 Å². The summed E-state index contributed by atoms with van der Waals surface area (Å²) in [4.78, 5) is 53.9. The van der Waals surface area contributed by atoms with Crippen molar-refractivity contribution < 1.29 is 19.5 Å². The summed E-state index contributed by atoms with van der Waals surface area (Å²) in [6.07, 6.45) is 7.78. The summed E-state index contributed by atoms with van der Waals surface area (Å²) in [6, 6.07) is 35.9. The fourth-order valence-corrected chi connectivity index (χ4v) is 7.73. The topological polar surface area (TPSA) is 129 Å². The van der Waals surface area contributed by atoms with E-state index in [9.17, 15) is 19.5 Å². The van der Waals surface area contributed by atoms with Crippen LogP contribution in [0.2, 0.25) is 0 Å². The second kappa shape index (κ2) is 14.9. The lowest BCUT2D eigenvalue weighted by Gasteiger charge is -2.08. The van der Waals surface area contributed by atoms with Crippen LogP contribution in [0.5, 0.6) is 5.75 Å². The van der Waals surface area contributed by atoms with Crippen LogP contribution in [0.25, 0.3) is 90.9 Å². The molecule has 0 unspecified atom stereocenters. The van der Waals surface area contributed by atoms with E-state index in [0.717, 1.165) is 66.6 Å². The van der Waals surface area contributed by atoms with Gasteiger partial charge in [-0.1, -0.05) is 48.5 Å². The molecule has 3 aromatic heterocycles. The first kappa shape index (κ1) is 36.8. The number of halogens is 3. The van der Waals surface area contributed by atoms with E-state index in [4.69, 9.17) is 44.8 Å². The SMILES string of the molecule is O=C(Cl)c1ccc(-c2c3nc(c(-c4ccc(C(=O)Cl)cc4)c4ccc([nH]4)c(-c4ccc(C(=O)Cl)cc4)c4nc(c(-c5ccc(O)cc5)c5ccc2[nH]5)C=C4)C=C3)cc1. The van der Waals surface area contributed by atoms with Gasteiger partial charge in [0.2, 0.25) is 0 Å². The van der Waals surface area contributed by atoms with Crippen molar-refractivity contribution in [3.63, 3.8) is 0 Å². The Morgan fingerprint density at radius 2 is 0.621 bits per heavy atom. The van der Waals surface area contributed by atoms with Crippen molar-refractivity contribution in [1.29, 1.82) is 0 Å². The summed E-state index contributed by atoms with van der Waals surface area (Å²) in [5, 5.41) is 8.54. The van der Waals surface area contributed by atoms with Gasteiger partial charge in [-0.25, -0.2) is 9.97 Å². The summed E-state index contributed by atoms with van der Waals surface area (Å²) >= 11 is 17.5. The van der Waals surface area contributed by atoms with Crippen molar-refractivity contribution in [1.82, 2.24) is 19.9 Å². The number of benzene rings is 4. The Morgan fingerprint density at radius 1 is 0.379 bits per heavy atom. The Kier molecular flexibility index (Phi) is 9.46. The minimum absolute atomic E-state index is 0.130. The number of hydrogen-bond donors (Lipinski definition) is 3. The highest BCUT2D eigenvalue weighted by Crippen LogP contribution is 2.39. The Hall–Kier alpha value is -6.84. The van der Waals surface area contributed by atoms with Gasteiger partial charge in [0.05, 0.1) is 22.8 Å². The van der Waals surface area contributed by atoms with Crippen LogP contribution in [0.1, 0.15) is 53.8 Å². The minimum atomic E-state index is -0.564. The van der Waals surface area contributed by atoms with E-state index in [2.05, 4.69) is 9.97 Å². The van der Waals surface area contributed by atoms with Crippen molar-refractivity contribution in [2.45, 2.75) is 0 Å². The third-order valence-electron chi connectivity index (χ3n) is 10.1. The summed E-state index contributed by atoms with van der Waals surface area (Å²) in [7, 11) is 0. The minimum Gasteiger partial charge on any atom is -0.508 e. The Balaban J connectivity index is 1.44. The van der Waals surface area contributed by atoms with E-state index >= 15 is 0 Å². The quantitative estimate of drug-likeness (QED) is 0.137. The molecule has 0 amide bonds. The van der Waals surface area contributed by atoms with Gasteiger partial charge >= 0.3 is 0 Å². The van der Waals surface area contributed by atoms with E-state index in [0.29, 0.717) is 39.5 Å². The van der Waals surface area contributed by atoms with Gasteiger partial charge in [-0.3, -0.25) is 14.4 Å². The van der Waals surface area contributed by atoms with E-state index < -0.39 is 15.7 Å². The fourth-order valence-electron chi connectivity index (χ4n) is 7.35. The molecule has 8 nitrogen and oxygen atoms in total. The molecular formula is C47H27Cl3N4O4. The molecule has 0 atom stereocenters. The highest BCUT2D eigenvalue weighted by atomic mass is 35.5. The monoisotopic (exact) mass is 816 g/mol. The van der Waals surface area contributed by atoms with Gasteiger partial charge in [0.1, 0.15) is 5.75 Å². The van der Waals surface area contributed by atoms with Crippen LogP contribution in [0.4, 0.5) is 0 Å². The first-order valence-electron chi connectivity index (χ1n) is 18.0. The van der Waals surface area contributed by atoms with Crippen molar-refractivity contribution in [2.75, 3.05) is 0 Å². The average molecular weight is 818 g/mol. The second-order valence-electron chi connectivity index (χ2n) is 13.6. The number of aromatic hydroxyl groups is 1. The second-order valence-corrected chi connectivity index (χ2v) is 14.6. The maximum absolute atomic E-state index is 12.0. The molecule has 2 aliphatic rings. The third kappa shape index (κ3) is 6.83. The normalized spacial score (nSPS) is 11.8. The van der Waals surface area contributed by atoms with Gasteiger partial charge < -0.3 is 15.1 Å². The highest BCUT2D eigenvalue weighted by molar-refractivity contribution is 6.68. The summed E-state index contributed by atoms with van der Waals surface area (Å²) in [6.45, 7) is 0. The molecule has 0 spiro atoms. The van der Waals surface area contributed by atoms with Crippen molar-refractivity contribution in [3.05, 3.63) is 161 Å². The zero-order chi connectivity index (χ0) is 40.1. The van der Waals surface area contributed by atoms with E-state index in [1.165, 1.54) is 0 Å². The average Bonchev–Trinajstić information content (AvgIpc) is 4.07. The number of carbonyl (C=O) groups is 3. The predicted molar refractivity (Wildman–Crippen MR) is 233 cm³/mol. The standard InChI is InChI=1S/C47H27Cl3N4O4/c48-45(56)29-7-1-25(2-8-29)41-33-17-19-35(51-33)42(26-3-9-30(10-4-26)46(49)57)37-21-23-39(53-37)44(28-13-15-32(55)16-14-28)40-24-22-38(54-40)43(36-20-18-34(41)52-36)27-5-11-31(12-6-27)47(50)58/h1-24,51,54-55H. The number of rotatable bonds is 7. The maximum atomic E-state index is 12.0. The van der Waals surface area contributed by atoms with E-state index in [1.54, 1.807) is 48.5 Å². The van der Waals surface area contributed by atoms with E-state index in [-0.39, 0.29) is 5.75 Å². The number of carbonyl (C=O) groups excluding carboxylic acids is 3. The zero-order valence-electron chi connectivity index (χ0n) is 30.1. The smallest absolute Gasteiger partial charge is 0.252 e. The lowest BCUT2D eigenvalue weighted by atomic mass is 10.0. The summed E-state index contributed by atoms with van der Waals surface area (Å²) < 4.78 is 0.